The van der Waals surface area contributed by atoms with E-state index in [2.05, 4.69) is 38.1 Å². The summed E-state index contributed by atoms with van der Waals surface area (Å²) in [5.74, 6) is 1.71. The molecule has 0 bridgehead atoms. The van der Waals surface area contributed by atoms with Crippen molar-refractivity contribution in [3.63, 3.8) is 0 Å². The van der Waals surface area contributed by atoms with Crippen LogP contribution in [0.1, 0.15) is 13.3 Å². The highest BCUT2D eigenvalue weighted by molar-refractivity contribution is 9.10. The maximum Gasteiger partial charge on any atom is 0.140 e. The van der Waals surface area contributed by atoms with Gasteiger partial charge >= 0.3 is 0 Å². The molecule has 1 aliphatic heterocycles. The molecule has 16 heavy (non-hydrogen) atoms. The third-order valence-electron chi connectivity index (χ3n) is 3.13. The summed E-state index contributed by atoms with van der Waals surface area (Å²) in [7, 11) is 0. The first-order chi connectivity index (χ1) is 7.79. The highest BCUT2D eigenvalue weighted by atomic mass is 79.9. The lowest BCUT2D eigenvalue weighted by Gasteiger charge is -2.14. The van der Waals surface area contributed by atoms with E-state index in [4.69, 9.17) is 0 Å². The van der Waals surface area contributed by atoms with Crippen LogP contribution in [0.2, 0.25) is 0 Å². The normalized spacial score (nSPS) is 21.2. The van der Waals surface area contributed by atoms with Crippen molar-refractivity contribution >= 4 is 21.7 Å². The summed E-state index contributed by atoms with van der Waals surface area (Å²) >= 11 is 3.50. The molecule has 1 saturated heterocycles. The van der Waals surface area contributed by atoms with Crippen LogP contribution in [-0.4, -0.2) is 36.1 Å². The molecule has 1 aromatic heterocycles. The molecular formula is C12H18BrN3. The summed E-state index contributed by atoms with van der Waals surface area (Å²) in [6.45, 7) is 6.88. The molecule has 1 aliphatic rings. The third kappa shape index (κ3) is 2.95. The monoisotopic (exact) mass is 283 g/mol. The van der Waals surface area contributed by atoms with Crippen LogP contribution in [-0.2, 0) is 0 Å². The van der Waals surface area contributed by atoms with E-state index in [0.717, 1.165) is 22.8 Å². The van der Waals surface area contributed by atoms with Gasteiger partial charge in [0.2, 0.25) is 0 Å². The largest absolute Gasteiger partial charge is 0.369 e. The number of aromatic nitrogens is 1. The van der Waals surface area contributed by atoms with E-state index in [1.807, 2.05) is 18.3 Å². The maximum atomic E-state index is 4.31. The molecule has 1 atom stereocenters. The number of nitrogens with zero attached hydrogens (tertiary/aromatic N) is 2. The fourth-order valence-corrected chi connectivity index (χ4v) is 2.52. The summed E-state index contributed by atoms with van der Waals surface area (Å²) in [5.41, 5.74) is 0. The molecule has 3 nitrogen and oxygen atoms in total. The van der Waals surface area contributed by atoms with Gasteiger partial charge in [0.05, 0.1) is 4.47 Å². The van der Waals surface area contributed by atoms with Crippen LogP contribution in [0.3, 0.4) is 0 Å². The predicted octanol–water partition coefficient (Wildman–Crippen LogP) is 2.60. The van der Waals surface area contributed by atoms with Crippen molar-refractivity contribution in [1.82, 2.24) is 9.88 Å². The Morgan fingerprint density at radius 1 is 1.62 bits per heavy atom. The summed E-state index contributed by atoms with van der Waals surface area (Å²) in [4.78, 5) is 6.81. The van der Waals surface area contributed by atoms with Crippen molar-refractivity contribution < 1.29 is 0 Å². The van der Waals surface area contributed by atoms with E-state index in [9.17, 15) is 0 Å². The molecule has 0 radical (unpaired) electrons. The zero-order chi connectivity index (χ0) is 11.4. The van der Waals surface area contributed by atoms with Crippen LogP contribution in [0.5, 0.6) is 0 Å². The summed E-state index contributed by atoms with van der Waals surface area (Å²) in [6, 6.07) is 3.95. The molecule has 2 heterocycles. The number of hydrogen-bond acceptors (Lipinski definition) is 3. The van der Waals surface area contributed by atoms with Crippen LogP contribution in [0, 0.1) is 5.92 Å². The van der Waals surface area contributed by atoms with E-state index in [0.29, 0.717) is 0 Å². The Kier molecular flexibility index (Phi) is 4.18. The van der Waals surface area contributed by atoms with Gasteiger partial charge in [0.1, 0.15) is 5.82 Å². The van der Waals surface area contributed by atoms with E-state index < -0.39 is 0 Å². The molecule has 1 aromatic rings. The molecule has 2 rings (SSSR count). The molecule has 0 spiro atoms. The van der Waals surface area contributed by atoms with Gasteiger partial charge in [0.25, 0.3) is 0 Å². The van der Waals surface area contributed by atoms with Gasteiger partial charge in [-0.1, -0.05) is 6.92 Å². The zero-order valence-electron chi connectivity index (χ0n) is 9.62. The minimum atomic E-state index is 0.758. The van der Waals surface area contributed by atoms with Crippen molar-refractivity contribution in [2.24, 2.45) is 5.92 Å². The average Bonchev–Trinajstić information content (AvgIpc) is 2.76. The predicted molar refractivity (Wildman–Crippen MR) is 70.6 cm³/mol. The molecule has 88 valence electrons. The quantitative estimate of drug-likeness (QED) is 0.921. The van der Waals surface area contributed by atoms with Gasteiger partial charge in [-0.05, 0) is 53.5 Å². The van der Waals surface area contributed by atoms with Crippen LogP contribution in [0.4, 0.5) is 5.82 Å². The van der Waals surface area contributed by atoms with Gasteiger partial charge in [-0.3, -0.25) is 0 Å². The molecule has 1 unspecified atom stereocenters. The molecule has 4 heteroatoms. The van der Waals surface area contributed by atoms with Gasteiger partial charge in [0.15, 0.2) is 0 Å². The highest BCUT2D eigenvalue weighted by Gasteiger charge is 2.20. The topological polar surface area (TPSA) is 28.2 Å². The minimum Gasteiger partial charge on any atom is -0.369 e. The van der Waals surface area contributed by atoms with Crippen LogP contribution in [0.25, 0.3) is 0 Å². The second kappa shape index (κ2) is 5.64. The molecular weight excluding hydrogens is 266 g/mol. The lowest BCUT2D eigenvalue weighted by molar-refractivity contribution is 0.345. The fourth-order valence-electron chi connectivity index (χ4n) is 2.12. The van der Waals surface area contributed by atoms with Gasteiger partial charge in [-0.25, -0.2) is 4.98 Å². The third-order valence-corrected chi connectivity index (χ3v) is 3.77. The fraction of sp³-hybridized carbons (Fsp3) is 0.583. The van der Waals surface area contributed by atoms with Crippen LogP contribution in [0.15, 0.2) is 22.8 Å². The number of nitrogens with one attached hydrogen (secondary N) is 1. The number of hydrogen-bond donors (Lipinski definition) is 1. The second-order valence-electron chi connectivity index (χ2n) is 4.26. The zero-order valence-corrected chi connectivity index (χ0v) is 11.2. The Balaban J connectivity index is 1.82. The Morgan fingerprint density at radius 2 is 2.50 bits per heavy atom. The number of rotatable bonds is 4. The first kappa shape index (κ1) is 11.9. The van der Waals surface area contributed by atoms with Crippen molar-refractivity contribution in [2.75, 3.05) is 31.5 Å². The summed E-state index contributed by atoms with van der Waals surface area (Å²) in [6.07, 6.45) is 3.12. The van der Waals surface area contributed by atoms with Gasteiger partial charge in [-0.2, -0.15) is 0 Å². The summed E-state index contributed by atoms with van der Waals surface area (Å²) in [5, 5.41) is 3.41. The number of halogens is 1. The van der Waals surface area contributed by atoms with E-state index >= 15 is 0 Å². The lowest BCUT2D eigenvalue weighted by Crippen LogP contribution is -2.22. The van der Waals surface area contributed by atoms with E-state index in [-0.39, 0.29) is 0 Å². The number of anilines is 1. The molecule has 1 fully saturated rings. The highest BCUT2D eigenvalue weighted by Crippen LogP contribution is 2.20. The Labute approximate surface area is 105 Å². The van der Waals surface area contributed by atoms with Gasteiger partial charge < -0.3 is 10.2 Å². The Bertz CT molecular complexity index is 343. The van der Waals surface area contributed by atoms with Crippen LogP contribution >= 0.6 is 15.9 Å². The maximum absolute atomic E-state index is 4.31. The molecule has 0 aliphatic carbocycles. The van der Waals surface area contributed by atoms with E-state index in [1.165, 1.54) is 26.1 Å². The molecule has 0 aromatic carbocycles. The smallest absolute Gasteiger partial charge is 0.140 e. The van der Waals surface area contributed by atoms with E-state index in [1.54, 1.807) is 0 Å². The second-order valence-corrected chi connectivity index (χ2v) is 5.12. The molecule has 1 N–H and O–H groups in total. The molecule has 0 amide bonds. The van der Waals surface area contributed by atoms with Crippen molar-refractivity contribution in [3.05, 3.63) is 22.8 Å². The lowest BCUT2D eigenvalue weighted by atomic mass is 10.1. The first-order valence-corrected chi connectivity index (χ1v) is 6.65. The standard InChI is InChI=1S/C12H18BrN3/c1-2-16-7-5-10(9-16)8-15-12-11(13)4-3-6-14-12/h3-4,6,10H,2,5,7-9H2,1H3,(H,14,15). The Hall–Kier alpha value is -0.610. The van der Waals surface area contributed by atoms with Crippen molar-refractivity contribution in [2.45, 2.75) is 13.3 Å². The van der Waals surface area contributed by atoms with Crippen LogP contribution < -0.4 is 5.32 Å². The minimum absolute atomic E-state index is 0.758. The molecule has 0 saturated carbocycles. The van der Waals surface area contributed by atoms with Crippen molar-refractivity contribution in [3.8, 4) is 0 Å². The first-order valence-electron chi connectivity index (χ1n) is 5.86. The van der Waals surface area contributed by atoms with Gasteiger partial charge in [-0.15, -0.1) is 0 Å². The van der Waals surface area contributed by atoms with Gasteiger partial charge in [0, 0.05) is 19.3 Å². The number of likely N-dealkylation sites (tertiary alicyclic amines) is 1. The van der Waals surface area contributed by atoms with Crippen molar-refractivity contribution in [1.29, 1.82) is 0 Å². The summed E-state index contributed by atoms with van der Waals surface area (Å²) < 4.78 is 1.04. The Morgan fingerprint density at radius 3 is 3.19 bits per heavy atom. The average molecular weight is 284 g/mol. The SMILES string of the molecule is CCN1CCC(CNc2ncccc2Br)C1. The number of pyridine rings is 1.